The second kappa shape index (κ2) is 5.66. The van der Waals surface area contributed by atoms with Crippen LogP contribution < -0.4 is 5.32 Å². The lowest BCUT2D eigenvalue weighted by Gasteiger charge is -2.27. The summed E-state index contributed by atoms with van der Waals surface area (Å²) in [4.78, 5) is 23.8. The van der Waals surface area contributed by atoms with Crippen molar-refractivity contribution in [2.75, 3.05) is 7.11 Å². The third kappa shape index (κ3) is 2.88. The molecule has 0 aliphatic heterocycles. The summed E-state index contributed by atoms with van der Waals surface area (Å²) in [5.41, 5.74) is 0.0852. The molecular weight excluding hydrogens is 234 g/mol. The minimum absolute atomic E-state index is 0.331. The molecule has 0 aliphatic carbocycles. The molecule has 0 radical (unpaired) electrons. The van der Waals surface area contributed by atoms with E-state index in [1.165, 1.54) is 13.3 Å². The van der Waals surface area contributed by atoms with E-state index in [-0.39, 0.29) is 5.91 Å². The van der Waals surface area contributed by atoms with Gasteiger partial charge in [-0.05, 0) is 20.3 Å². The summed E-state index contributed by atoms with van der Waals surface area (Å²) < 4.78 is 4.74. The number of nitrogens with zero attached hydrogens (tertiary/aromatic N) is 1. The van der Waals surface area contributed by atoms with Gasteiger partial charge in [0, 0.05) is 5.69 Å². The number of carbonyl (C=O) groups excluding carboxylic acids is 2. The van der Waals surface area contributed by atoms with E-state index in [9.17, 15) is 9.59 Å². The monoisotopic (exact) mass is 253 g/mol. The number of aromatic nitrogens is 2. The predicted molar refractivity (Wildman–Crippen MR) is 66.1 cm³/mol. The van der Waals surface area contributed by atoms with Crippen LogP contribution >= 0.6 is 0 Å². The first-order chi connectivity index (χ1) is 8.44. The molecule has 6 nitrogen and oxygen atoms in total. The molecule has 0 aliphatic rings. The Hall–Kier alpha value is -1.85. The molecule has 2 N–H and O–H groups in total. The maximum absolute atomic E-state index is 12.1. The second-order valence-electron chi connectivity index (χ2n) is 4.44. The molecule has 0 spiro atoms. The topological polar surface area (TPSA) is 84.1 Å². The van der Waals surface area contributed by atoms with Crippen molar-refractivity contribution < 1.29 is 14.3 Å². The van der Waals surface area contributed by atoms with Crippen molar-refractivity contribution in [2.24, 2.45) is 0 Å². The number of hydrogen-bond acceptors (Lipinski definition) is 4. The highest BCUT2D eigenvalue weighted by Crippen LogP contribution is 2.16. The molecule has 6 heteroatoms. The Morgan fingerprint density at radius 3 is 2.67 bits per heavy atom. The molecule has 18 heavy (non-hydrogen) atoms. The number of nitrogens with one attached hydrogen (secondary N) is 2. The Kier molecular flexibility index (Phi) is 4.47. The van der Waals surface area contributed by atoms with Crippen molar-refractivity contribution >= 4 is 11.9 Å². The van der Waals surface area contributed by atoms with E-state index >= 15 is 0 Å². The standard InChI is InChI=1S/C12H19N3O3/c1-5-6-12(3,11(17)18-4)14-10(16)9-7-13-15-8(9)2/h7H,5-6H2,1-4H3,(H,13,15)(H,14,16). The number of hydrogen-bond donors (Lipinski definition) is 2. The summed E-state index contributed by atoms with van der Waals surface area (Å²) in [6.45, 7) is 5.35. The molecule has 1 amide bonds. The average Bonchev–Trinajstić information content (AvgIpc) is 2.74. The molecule has 1 aromatic heterocycles. The van der Waals surface area contributed by atoms with Gasteiger partial charge in [-0.2, -0.15) is 5.10 Å². The first-order valence-corrected chi connectivity index (χ1v) is 5.85. The van der Waals surface area contributed by atoms with E-state index in [1.54, 1.807) is 13.8 Å². The fourth-order valence-electron chi connectivity index (χ4n) is 1.84. The zero-order valence-corrected chi connectivity index (χ0v) is 11.2. The van der Waals surface area contributed by atoms with Gasteiger partial charge < -0.3 is 10.1 Å². The maximum Gasteiger partial charge on any atom is 0.331 e. The van der Waals surface area contributed by atoms with Crippen molar-refractivity contribution in [1.82, 2.24) is 15.5 Å². The number of ether oxygens (including phenoxy) is 1. The van der Waals surface area contributed by atoms with Crippen LogP contribution in [0, 0.1) is 6.92 Å². The van der Waals surface area contributed by atoms with Gasteiger partial charge in [-0.1, -0.05) is 13.3 Å². The summed E-state index contributed by atoms with van der Waals surface area (Å²) in [7, 11) is 1.31. The zero-order valence-electron chi connectivity index (χ0n) is 11.2. The minimum atomic E-state index is -1.01. The number of esters is 1. The first-order valence-electron chi connectivity index (χ1n) is 5.85. The molecule has 1 rings (SSSR count). The number of H-pyrrole nitrogens is 1. The van der Waals surface area contributed by atoms with Gasteiger partial charge in [0.05, 0.1) is 18.9 Å². The number of methoxy groups -OCH3 is 1. The SMILES string of the molecule is CCCC(C)(NC(=O)c1cn[nH]c1C)C(=O)OC. The fraction of sp³-hybridized carbons (Fsp3) is 0.583. The number of aromatic amines is 1. The molecule has 0 aromatic carbocycles. The fourth-order valence-corrected chi connectivity index (χ4v) is 1.84. The lowest BCUT2D eigenvalue weighted by Crippen LogP contribution is -2.52. The third-order valence-corrected chi connectivity index (χ3v) is 2.85. The molecule has 0 saturated carbocycles. The van der Waals surface area contributed by atoms with Gasteiger partial charge in [0.2, 0.25) is 0 Å². The zero-order chi connectivity index (χ0) is 13.8. The summed E-state index contributed by atoms with van der Waals surface area (Å²) in [5.74, 6) is -0.776. The van der Waals surface area contributed by atoms with Gasteiger partial charge in [0.1, 0.15) is 5.54 Å². The number of rotatable bonds is 5. The Morgan fingerprint density at radius 2 is 2.22 bits per heavy atom. The first kappa shape index (κ1) is 14.2. The molecule has 0 bridgehead atoms. The summed E-state index contributed by atoms with van der Waals surface area (Å²) >= 11 is 0. The Balaban J connectivity index is 2.88. The largest absolute Gasteiger partial charge is 0.467 e. The van der Waals surface area contributed by atoms with Crippen molar-refractivity contribution in [3.05, 3.63) is 17.5 Å². The maximum atomic E-state index is 12.1. The highest BCUT2D eigenvalue weighted by atomic mass is 16.5. The quantitative estimate of drug-likeness (QED) is 0.772. The second-order valence-corrected chi connectivity index (χ2v) is 4.44. The van der Waals surface area contributed by atoms with Gasteiger partial charge >= 0.3 is 5.97 Å². The van der Waals surface area contributed by atoms with E-state index in [0.717, 1.165) is 6.42 Å². The Morgan fingerprint density at radius 1 is 1.56 bits per heavy atom. The number of amides is 1. The molecule has 1 aromatic rings. The van der Waals surface area contributed by atoms with E-state index in [4.69, 9.17) is 4.74 Å². The lowest BCUT2D eigenvalue weighted by molar-refractivity contribution is -0.147. The van der Waals surface area contributed by atoms with Crippen molar-refractivity contribution in [1.29, 1.82) is 0 Å². The molecular formula is C12H19N3O3. The van der Waals surface area contributed by atoms with Crippen LogP contribution in [0.25, 0.3) is 0 Å². The van der Waals surface area contributed by atoms with Crippen LogP contribution in [0.4, 0.5) is 0 Å². The lowest BCUT2D eigenvalue weighted by atomic mass is 9.95. The highest BCUT2D eigenvalue weighted by molar-refractivity contribution is 5.98. The Labute approximate surface area is 106 Å². The van der Waals surface area contributed by atoms with Gasteiger partial charge in [-0.25, -0.2) is 4.79 Å². The van der Waals surface area contributed by atoms with Crippen LogP contribution in [0.2, 0.25) is 0 Å². The highest BCUT2D eigenvalue weighted by Gasteiger charge is 2.35. The molecule has 0 saturated heterocycles. The van der Waals surface area contributed by atoms with Crippen LogP contribution in [0.3, 0.4) is 0 Å². The molecule has 1 heterocycles. The van der Waals surface area contributed by atoms with Gasteiger partial charge in [-0.3, -0.25) is 9.89 Å². The van der Waals surface area contributed by atoms with Crippen molar-refractivity contribution in [3.63, 3.8) is 0 Å². The van der Waals surface area contributed by atoms with Crippen LogP contribution in [-0.4, -0.2) is 34.7 Å². The minimum Gasteiger partial charge on any atom is -0.467 e. The van der Waals surface area contributed by atoms with E-state index < -0.39 is 11.5 Å². The van der Waals surface area contributed by atoms with E-state index in [2.05, 4.69) is 15.5 Å². The van der Waals surface area contributed by atoms with Crippen molar-refractivity contribution in [3.8, 4) is 0 Å². The molecule has 0 fully saturated rings. The number of aryl methyl sites for hydroxylation is 1. The smallest absolute Gasteiger partial charge is 0.331 e. The molecule has 1 unspecified atom stereocenters. The average molecular weight is 253 g/mol. The Bertz CT molecular complexity index is 442. The van der Waals surface area contributed by atoms with Gasteiger partial charge in [-0.15, -0.1) is 0 Å². The van der Waals surface area contributed by atoms with Crippen LogP contribution in [0.1, 0.15) is 42.7 Å². The summed E-state index contributed by atoms with van der Waals surface area (Å²) in [6.07, 6.45) is 2.72. The van der Waals surface area contributed by atoms with Crippen LogP contribution in [0.5, 0.6) is 0 Å². The third-order valence-electron chi connectivity index (χ3n) is 2.85. The summed E-state index contributed by atoms with van der Waals surface area (Å²) in [5, 5.41) is 9.18. The predicted octanol–water partition coefficient (Wildman–Crippen LogP) is 1.18. The molecule has 100 valence electrons. The van der Waals surface area contributed by atoms with E-state index in [0.29, 0.717) is 17.7 Å². The van der Waals surface area contributed by atoms with Crippen LogP contribution in [-0.2, 0) is 9.53 Å². The van der Waals surface area contributed by atoms with Crippen LogP contribution in [0.15, 0.2) is 6.20 Å². The summed E-state index contributed by atoms with van der Waals surface area (Å²) in [6, 6.07) is 0. The van der Waals surface area contributed by atoms with Crippen molar-refractivity contribution in [2.45, 2.75) is 39.2 Å². The normalized spacial score (nSPS) is 13.8. The van der Waals surface area contributed by atoms with Gasteiger partial charge in [0.25, 0.3) is 5.91 Å². The van der Waals surface area contributed by atoms with E-state index in [1.807, 2.05) is 6.92 Å². The number of carbonyl (C=O) groups is 2. The van der Waals surface area contributed by atoms with Gasteiger partial charge in [0.15, 0.2) is 0 Å². The molecule has 1 atom stereocenters.